The van der Waals surface area contributed by atoms with E-state index in [1.54, 1.807) is 26.8 Å². The van der Waals surface area contributed by atoms with Crippen molar-refractivity contribution in [1.82, 2.24) is 10.2 Å². The van der Waals surface area contributed by atoms with Crippen LogP contribution >= 0.6 is 11.8 Å². The maximum Gasteiger partial charge on any atom is 0.327 e. The van der Waals surface area contributed by atoms with Gasteiger partial charge in [-0.05, 0) is 64.3 Å². The number of rotatable bonds is 4. The fraction of sp³-hybridized carbons (Fsp3) is 0.500. The van der Waals surface area contributed by atoms with Gasteiger partial charge in [0.2, 0.25) is 5.54 Å². The zero-order valence-corrected chi connectivity index (χ0v) is 17.6. The van der Waals surface area contributed by atoms with Crippen molar-refractivity contribution in [3.05, 3.63) is 34.4 Å². The summed E-state index contributed by atoms with van der Waals surface area (Å²) in [7, 11) is 0. The first kappa shape index (κ1) is 20.4. The molecule has 0 aliphatic carbocycles. The van der Waals surface area contributed by atoms with Crippen LogP contribution in [0.2, 0.25) is 0 Å². The molecule has 3 atom stereocenters. The van der Waals surface area contributed by atoms with Crippen molar-refractivity contribution in [3.8, 4) is 0 Å². The molecule has 0 aromatic heterocycles. The van der Waals surface area contributed by atoms with Gasteiger partial charge < -0.3 is 15.3 Å². The number of amides is 2. The van der Waals surface area contributed by atoms with Crippen molar-refractivity contribution in [3.63, 3.8) is 0 Å². The lowest BCUT2D eigenvalue weighted by Gasteiger charge is -2.51. The lowest BCUT2D eigenvalue weighted by atomic mass is 9.81. The van der Waals surface area contributed by atoms with Gasteiger partial charge in [0, 0.05) is 10.3 Å². The molecule has 2 aliphatic heterocycles. The number of carboxylic acids is 1. The lowest BCUT2D eigenvalue weighted by Crippen LogP contribution is -2.82. The number of benzene rings is 1. The van der Waals surface area contributed by atoms with Crippen LogP contribution in [0.3, 0.4) is 0 Å². The molecule has 1 aromatic rings. The van der Waals surface area contributed by atoms with E-state index in [9.17, 15) is 24.3 Å². The number of carbonyl (C=O) groups excluding carboxylic acids is 3. The van der Waals surface area contributed by atoms with Crippen LogP contribution in [0, 0.1) is 20.8 Å². The fourth-order valence-electron chi connectivity index (χ4n) is 4.04. The highest BCUT2D eigenvalue weighted by Crippen LogP contribution is 2.55. The summed E-state index contributed by atoms with van der Waals surface area (Å²) in [5.74, 6) is -2.80. The van der Waals surface area contributed by atoms with E-state index in [1.807, 2.05) is 19.9 Å². The Bertz CT molecular complexity index is 925. The zero-order chi connectivity index (χ0) is 21.2. The van der Waals surface area contributed by atoms with Crippen LogP contribution in [0.1, 0.15) is 47.8 Å². The van der Waals surface area contributed by atoms with Crippen LogP contribution in [-0.4, -0.2) is 55.3 Å². The Morgan fingerprint density at radius 2 is 1.68 bits per heavy atom. The summed E-state index contributed by atoms with van der Waals surface area (Å²) in [5.41, 5.74) is 1.36. The molecule has 2 fully saturated rings. The van der Waals surface area contributed by atoms with Crippen LogP contribution in [0.15, 0.2) is 12.1 Å². The third kappa shape index (κ3) is 2.65. The van der Waals surface area contributed by atoms with Crippen molar-refractivity contribution in [1.29, 1.82) is 0 Å². The predicted molar refractivity (Wildman–Crippen MR) is 105 cm³/mol. The van der Waals surface area contributed by atoms with Crippen LogP contribution in [0.25, 0.3) is 0 Å². The Morgan fingerprint density at radius 1 is 1.11 bits per heavy atom. The maximum absolute atomic E-state index is 13.0. The number of nitrogens with zero attached hydrogens (tertiary/aromatic N) is 1. The second kappa shape index (κ2) is 6.34. The van der Waals surface area contributed by atoms with Crippen molar-refractivity contribution in [2.45, 2.75) is 63.2 Å². The highest BCUT2D eigenvalue weighted by molar-refractivity contribution is 8.01. The molecule has 28 heavy (non-hydrogen) atoms. The highest BCUT2D eigenvalue weighted by atomic mass is 32.2. The molecule has 0 spiro atoms. The first-order valence-electron chi connectivity index (χ1n) is 8.99. The van der Waals surface area contributed by atoms with Crippen molar-refractivity contribution >= 4 is 35.3 Å². The Hall–Kier alpha value is -2.35. The number of hydrogen-bond acceptors (Lipinski definition) is 5. The molecule has 3 rings (SSSR count). The third-order valence-corrected chi connectivity index (χ3v) is 7.37. The summed E-state index contributed by atoms with van der Waals surface area (Å²) < 4.78 is -0.787. The first-order valence-corrected chi connectivity index (χ1v) is 9.87. The minimum Gasteiger partial charge on any atom is -0.480 e. The molecule has 1 unspecified atom stereocenters. The minimum atomic E-state index is -1.74. The molecule has 2 aliphatic rings. The maximum atomic E-state index is 13.0. The molecule has 8 heteroatoms. The van der Waals surface area contributed by atoms with E-state index in [2.05, 4.69) is 5.32 Å². The number of carboxylic acid groups (broad SMARTS) is 1. The van der Waals surface area contributed by atoms with Gasteiger partial charge in [0.05, 0.1) is 0 Å². The van der Waals surface area contributed by atoms with Crippen molar-refractivity contribution in [2.24, 2.45) is 0 Å². The topological polar surface area (TPSA) is 104 Å². The van der Waals surface area contributed by atoms with E-state index < -0.39 is 45.3 Å². The van der Waals surface area contributed by atoms with E-state index in [4.69, 9.17) is 0 Å². The molecule has 7 nitrogen and oxygen atoms in total. The molecule has 0 radical (unpaired) electrons. The summed E-state index contributed by atoms with van der Waals surface area (Å²) in [6, 6.07) is 2.57. The first-order chi connectivity index (χ1) is 12.8. The number of hydrogen-bond donors (Lipinski definition) is 2. The Morgan fingerprint density at radius 3 is 2.21 bits per heavy atom. The number of ketones is 1. The average Bonchev–Trinajstić information content (AvgIpc) is 2.84. The quantitative estimate of drug-likeness (QED) is 0.586. The molecule has 150 valence electrons. The van der Waals surface area contributed by atoms with Gasteiger partial charge in [-0.1, -0.05) is 6.07 Å². The molecule has 2 saturated heterocycles. The summed E-state index contributed by atoms with van der Waals surface area (Å²) in [5, 5.41) is 11.5. The highest BCUT2D eigenvalue weighted by Gasteiger charge is 2.74. The summed E-state index contributed by atoms with van der Waals surface area (Å²) in [6.45, 7) is 10.3. The largest absolute Gasteiger partial charge is 0.480 e. The lowest BCUT2D eigenvalue weighted by molar-refractivity contribution is -0.170. The Balaban J connectivity index is 1.99. The molecule has 0 bridgehead atoms. The van der Waals surface area contributed by atoms with Crippen LogP contribution in [0.4, 0.5) is 0 Å². The number of nitrogens with one attached hydrogen (secondary N) is 1. The Labute approximate surface area is 167 Å². The van der Waals surface area contributed by atoms with E-state index in [0.717, 1.165) is 16.7 Å². The van der Waals surface area contributed by atoms with E-state index in [0.29, 0.717) is 5.56 Å². The normalized spacial score (nSPS) is 27.8. The summed E-state index contributed by atoms with van der Waals surface area (Å²) in [4.78, 5) is 51.4. The SMILES string of the molecule is CC(=O)C1(NC(=O)c2cc(C)c(C)cc2C)C(=O)N2[C@@H](C(=O)O)C(C)(C)S[C@@H]21. The van der Waals surface area contributed by atoms with Gasteiger partial charge in [-0.15, -0.1) is 11.8 Å². The molecule has 2 heterocycles. The monoisotopic (exact) mass is 404 g/mol. The van der Waals surface area contributed by atoms with Gasteiger partial charge in [0.15, 0.2) is 5.78 Å². The van der Waals surface area contributed by atoms with E-state index in [-0.39, 0.29) is 0 Å². The van der Waals surface area contributed by atoms with Crippen LogP contribution in [0.5, 0.6) is 0 Å². The smallest absolute Gasteiger partial charge is 0.327 e. The average molecular weight is 404 g/mol. The van der Waals surface area contributed by atoms with Gasteiger partial charge in [-0.25, -0.2) is 4.79 Å². The number of aryl methyl sites for hydroxylation is 3. The van der Waals surface area contributed by atoms with Crippen molar-refractivity contribution in [2.75, 3.05) is 0 Å². The molecular weight excluding hydrogens is 380 g/mol. The van der Waals surface area contributed by atoms with Gasteiger partial charge >= 0.3 is 5.97 Å². The van der Waals surface area contributed by atoms with E-state index >= 15 is 0 Å². The predicted octanol–water partition coefficient (Wildman–Crippen LogP) is 1.82. The fourth-order valence-corrected chi connectivity index (χ4v) is 5.79. The number of aliphatic carboxylic acids is 1. The van der Waals surface area contributed by atoms with Gasteiger partial charge in [-0.3, -0.25) is 14.4 Å². The molecular formula is C20H24N2O5S. The van der Waals surface area contributed by atoms with Gasteiger partial charge in [-0.2, -0.15) is 0 Å². The number of thioether (sulfide) groups is 1. The number of fused-ring (bicyclic) bond motifs is 1. The van der Waals surface area contributed by atoms with E-state index in [1.165, 1.54) is 23.6 Å². The minimum absolute atomic E-state index is 0.395. The number of carbonyl (C=O) groups is 4. The standard InChI is InChI=1S/C20H24N2O5S/c1-9-7-11(3)13(8-10(9)2)15(24)21-20(12(4)23)17(27)22-14(16(25)26)19(5,6)28-18(20)22/h7-8,14,18H,1-6H3,(H,21,24)(H,25,26)/t14-,18+,20?/m0/s1. The third-order valence-electron chi connectivity index (χ3n) is 5.73. The summed E-state index contributed by atoms with van der Waals surface area (Å²) in [6.07, 6.45) is 0. The van der Waals surface area contributed by atoms with Crippen LogP contribution in [-0.2, 0) is 14.4 Å². The number of β-lactam (4-membered cyclic amide) rings is 1. The van der Waals surface area contributed by atoms with Gasteiger partial charge in [0.1, 0.15) is 11.4 Å². The Kier molecular flexibility index (Phi) is 4.61. The van der Waals surface area contributed by atoms with Crippen molar-refractivity contribution < 1.29 is 24.3 Å². The van der Waals surface area contributed by atoms with Crippen LogP contribution < -0.4 is 5.32 Å². The second-order valence-electron chi connectivity index (χ2n) is 8.10. The number of Topliss-reactive ketones (excluding diaryl/α,β-unsaturated/α-hetero) is 1. The summed E-state index contributed by atoms with van der Waals surface area (Å²) >= 11 is 1.23. The molecule has 1 aromatic carbocycles. The second-order valence-corrected chi connectivity index (χ2v) is 9.83. The zero-order valence-electron chi connectivity index (χ0n) is 16.7. The molecule has 0 saturated carbocycles. The molecule has 2 amide bonds. The molecule has 2 N–H and O–H groups in total. The van der Waals surface area contributed by atoms with Gasteiger partial charge in [0.25, 0.3) is 11.8 Å².